The van der Waals surface area contributed by atoms with Gasteiger partial charge in [0, 0.05) is 19.2 Å². The Labute approximate surface area is 111 Å². The van der Waals surface area contributed by atoms with E-state index in [1.165, 1.54) is 32.1 Å². The molecule has 0 bridgehead atoms. The van der Waals surface area contributed by atoms with Crippen molar-refractivity contribution < 1.29 is 9.90 Å². The lowest BCUT2D eigenvalue weighted by atomic mass is 9.87. The second-order valence-electron chi connectivity index (χ2n) is 5.31. The molecule has 1 unspecified atom stereocenters. The first-order valence-corrected chi connectivity index (χ1v) is 7.41. The fourth-order valence-electron chi connectivity index (χ4n) is 2.64. The Bertz CT molecular complexity index is 228. The highest BCUT2D eigenvalue weighted by Gasteiger charge is 2.14. The van der Waals surface area contributed by atoms with Gasteiger partial charge in [0.25, 0.3) is 0 Å². The van der Waals surface area contributed by atoms with Crippen LogP contribution in [0.4, 0.5) is 4.79 Å². The van der Waals surface area contributed by atoms with Gasteiger partial charge in [-0.15, -0.1) is 0 Å². The molecule has 0 spiro atoms. The average Bonchev–Trinajstić information content (AvgIpc) is 2.39. The van der Waals surface area contributed by atoms with Crippen molar-refractivity contribution in [2.45, 2.75) is 64.3 Å². The molecule has 4 heteroatoms. The fourth-order valence-corrected chi connectivity index (χ4v) is 2.64. The third-order valence-corrected chi connectivity index (χ3v) is 3.87. The van der Waals surface area contributed by atoms with Crippen LogP contribution >= 0.6 is 0 Å². The van der Waals surface area contributed by atoms with E-state index in [0.29, 0.717) is 6.42 Å². The number of aliphatic hydroxyl groups excluding tert-OH is 1. The van der Waals surface area contributed by atoms with E-state index in [1.807, 2.05) is 6.92 Å². The number of carbonyl (C=O) groups excluding carboxylic acids is 1. The second-order valence-corrected chi connectivity index (χ2v) is 5.31. The summed E-state index contributed by atoms with van der Waals surface area (Å²) >= 11 is 0. The van der Waals surface area contributed by atoms with Crippen molar-refractivity contribution in [3.05, 3.63) is 0 Å². The minimum Gasteiger partial charge on any atom is -0.396 e. The van der Waals surface area contributed by atoms with Crippen molar-refractivity contribution in [1.82, 2.24) is 10.6 Å². The highest BCUT2D eigenvalue weighted by atomic mass is 16.3. The molecule has 0 heterocycles. The number of nitrogens with one attached hydrogen (secondary N) is 2. The lowest BCUT2D eigenvalue weighted by Gasteiger charge is -2.22. The molecule has 0 aliphatic heterocycles. The molecule has 0 aromatic rings. The average molecular weight is 256 g/mol. The highest BCUT2D eigenvalue weighted by molar-refractivity contribution is 5.74. The van der Waals surface area contributed by atoms with Gasteiger partial charge in [0.2, 0.25) is 0 Å². The summed E-state index contributed by atoms with van der Waals surface area (Å²) in [6, 6.07) is -0.00390. The number of amides is 2. The summed E-state index contributed by atoms with van der Waals surface area (Å²) in [7, 11) is 0. The number of carbonyl (C=O) groups is 1. The molecule has 3 N–H and O–H groups in total. The van der Waals surface area contributed by atoms with Crippen molar-refractivity contribution in [3.63, 3.8) is 0 Å². The van der Waals surface area contributed by atoms with Crippen LogP contribution in [0.2, 0.25) is 0 Å². The molecule has 4 nitrogen and oxygen atoms in total. The maximum absolute atomic E-state index is 11.6. The van der Waals surface area contributed by atoms with Gasteiger partial charge in [-0.3, -0.25) is 0 Å². The molecule has 0 aromatic carbocycles. The molecule has 0 radical (unpaired) electrons. The Morgan fingerprint density at radius 3 is 2.67 bits per heavy atom. The Balaban J connectivity index is 2.08. The minimum absolute atomic E-state index is 0.0877. The summed E-state index contributed by atoms with van der Waals surface area (Å²) in [6.07, 6.45) is 9.32. The van der Waals surface area contributed by atoms with Crippen molar-refractivity contribution in [2.75, 3.05) is 13.2 Å². The largest absolute Gasteiger partial charge is 0.396 e. The summed E-state index contributed by atoms with van der Waals surface area (Å²) in [4.78, 5) is 11.6. The summed E-state index contributed by atoms with van der Waals surface area (Å²) in [6.45, 7) is 2.91. The SMILES string of the molecule is CCC(CCO)NC(=O)NCCC1CCCCC1. The van der Waals surface area contributed by atoms with E-state index in [4.69, 9.17) is 5.11 Å². The lowest BCUT2D eigenvalue weighted by Crippen LogP contribution is -2.42. The van der Waals surface area contributed by atoms with Gasteiger partial charge < -0.3 is 15.7 Å². The molecule has 106 valence electrons. The molecule has 1 fully saturated rings. The van der Waals surface area contributed by atoms with Crippen molar-refractivity contribution in [3.8, 4) is 0 Å². The number of urea groups is 1. The Morgan fingerprint density at radius 2 is 2.06 bits per heavy atom. The Kier molecular flexibility index (Phi) is 7.81. The van der Waals surface area contributed by atoms with Crippen LogP contribution in [0.15, 0.2) is 0 Å². The molecule has 1 rings (SSSR count). The van der Waals surface area contributed by atoms with E-state index in [-0.39, 0.29) is 18.7 Å². The molecule has 1 saturated carbocycles. The maximum atomic E-state index is 11.6. The molecule has 1 atom stereocenters. The van der Waals surface area contributed by atoms with E-state index in [9.17, 15) is 4.79 Å². The Hall–Kier alpha value is -0.770. The van der Waals surface area contributed by atoms with Crippen molar-refractivity contribution in [1.29, 1.82) is 0 Å². The molecule has 1 aliphatic carbocycles. The number of hydrogen-bond donors (Lipinski definition) is 3. The van der Waals surface area contributed by atoms with Crippen LogP contribution < -0.4 is 10.6 Å². The van der Waals surface area contributed by atoms with Gasteiger partial charge in [-0.05, 0) is 25.2 Å². The summed E-state index contributed by atoms with van der Waals surface area (Å²) in [5.74, 6) is 0.804. The van der Waals surface area contributed by atoms with Crippen molar-refractivity contribution in [2.24, 2.45) is 5.92 Å². The zero-order valence-electron chi connectivity index (χ0n) is 11.6. The van der Waals surface area contributed by atoms with Gasteiger partial charge in [0.05, 0.1) is 0 Å². The summed E-state index contributed by atoms with van der Waals surface area (Å²) in [5, 5.41) is 14.7. The third kappa shape index (κ3) is 6.24. The van der Waals surface area contributed by atoms with Gasteiger partial charge in [-0.25, -0.2) is 4.79 Å². The number of aliphatic hydroxyl groups is 1. The van der Waals surface area contributed by atoms with Crippen LogP contribution in [-0.4, -0.2) is 30.3 Å². The first-order chi connectivity index (χ1) is 8.76. The van der Waals surface area contributed by atoms with Crippen molar-refractivity contribution >= 4 is 6.03 Å². The minimum atomic E-state index is -0.0916. The number of hydrogen-bond acceptors (Lipinski definition) is 2. The molecule has 2 amide bonds. The van der Waals surface area contributed by atoms with Crippen LogP contribution in [0.25, 0.3) is 0 Å². The smallest absolute Gasteiger partial charge is 0.315 e. The van der Waals surface area contributed by atoms with Gasteiger partial charge in [0.15, 0.2) is 0 Å². The first-order valence-electron chi connectivity index (χ1n) is 7.41. The zero-order valence-corrected chi connectivity index (χ0v) is 11.6. The Morgan fingerprint density at radius 1 is 1.33 bits per heavy atom. The monoisotopic (exact) mass is 256 g/mol. The maximum Gasteiger partial charge on any atom is 0.315 e. The molecular weight excluding hydrogens is 228 g/mol. The van der Waals surface area contributed by atoms with Crippen LogP contribution in [0.5, 0.6) is 0 Å². The summed E-state index contributed by atoms with van der Waals surface area (Å²) in [5.41, 5.74) is 0. The zero-order chi connectivity index (χ0) is 13.2. The normalized spacial score (nSPS) is 18.3. The number of rotatable bonds is 7. The van der Waals surface area contributed by atoms with Gasteiger partial charge in [-0.2, -0.15) is 0 Å². The van der Waals surface area contributed by atoms with Gasteiger partial charge in [-0.1, -0.05) is 39.0 Å². The standard InChI is InChI=1S/C14H28N2O2/c1-2-13(9-11-17)16-14(18)15-10-8-12-6-4-3-5-7-12/h12-13,17H,2-11H2,1H3,(H2,15,16,18). The lowest BCUT2D eigenvalue weighted by molar-refractivity contribution is 0.226. The topological polar surface area (TPSA) is 61.4 Å². The van der Waals surface area contributed by atoms with E-state index < -0.39 is 0 Å². The van der Waals surface area contributed by atoms with Crippen LogP contribution in [-0.2, 0) is 0 Å². The van der Waals surface area contributed by atoms with Gasteiger partial charge >= 0.3 is 6.03 Å². The highest BCUT2D eigenvalue weighted by Crippen LogP contribution is 2.25. The summed E-state index contributed by atoms with van der Waals surface area (Å²) < 4.78 is 0. The molecule has 0 saturated heterocycles. The predicted octanol–water partition coefficient (Wildman–Crippen LogP) is 2.42. The van der Waals surface area contributed by atoms with E-state index >= 15 is 0 Å². The van der Waals surface area contributed by atoms with Gasteiger partial charge in [0.1, 0.15) is 0 Å². The second kappa shape index (κ2) is 9.20. The van der Waals surface area contributed by atoms with Crippen LogP contribution in [0, 0.1) is 5.92 Å². The van der Waals surface area contributed by atoms with E-state index in [2.05, 4.69) is 10.6 Å². The predicted molar refractivity (Wildman–Crippen MR) is 73.5 cm³/mol. The quantitative estimate of drug-likeness (QED) is 0.655. The molecule has 0 aromatic heterocycles. The molecule has 1 aliphatic rings. The first kappa shape index (κ1) is 15.3. The molecule has 18 heavy (non-hydrogen) atoms. The van der Waals surface area contributed by atoms with Crippen LogP contribution in [0.1, 0.15) is 58.3 Å². The fraction of sp³-hybridized carbons (Fsp3) is 0.929. The van der Waals surface area contributed by atoms with E-state index in [0.717, 1.165) is 25.3 Å². The van der Waals surface area contributed by atoms with E-state index in [1.54, 1.807) is 0 Å². The third-order valence-electron chi connectivity index (χ3n) is 3.87. The van der Waals surface area contributed by atoms with Crippen LogP contribution in [0.3, 0.4) is 0 Å². The molecular formula is C14H28N2O2.